The standard InChI is InChI=1S/C6H13N.Cr/c1-5-7-6(2,3)4;/h7H,1-4H3;. The van der Waals surface area contributed by atoms with Crippen LogP contribution >= 0.6 is 0 Å². The van der Waals surface area contributed by atoms with Crippen molar-refractivity contribution < 1.29 is 15.9 Å². The fourth-order valence-corrected chi connectivity index (χ4v) is 1.01. The zero-order chi connectivity index (χ0) is 6.78. The molecule has 8 heavy (non-hydrogen) atoms. The first-order valence-corrected chi connectivity index (χ1v) is 3.34. The monoisotopic (exact) mass is 151 g/mol. The van der Waals surface area contributed by atoms with Gasteiger partial charge in [-0.3, -0.25) is 0 Å². The fourth-order valence-electron chi connectivity index (χ4n) is 0.528. The molecule has 2 heteroatoms. The van der Waals surface area contributed by atoms with E-state index in [1.165, 1.54) is 0 Å². The molecular weight excluding hydrogens is 138 g/mol. The van der Waals surface area contributed by atoms with Crippen LogP contribution in [0.3, 0.4) is 0 Å². The van der Waals surface area contributed by atoms with Gasteiger partial charge in [-0.25, -0.2) is 0 Å². The molecule has 0 heterocycles. The predicted octanol–water partition coefficient (Wildman–Crippen LogP) is 1.07. The van der Waals surface area contributed by atoms with Gasteiger partial charge in [0.1, 0.15) is 0 Å². The molecule has 0 radical (unpaired) electrons. The zero-order valence-electron chi connectivity index (χ0n) is 5.91. The van der Waals surface area contributed by atoms with E-state index in [1.54, 1.807) is 0 Å². The van der Waals surface area contributed by atoms with Crippen molar-refractivity contribution in [2.45, 2.75) is 33.2 Å². The molecule has 1 nitrogen and oxygen atoms in total. The van der Waals surface area contributed by atoms with E-state index in [0.717, 1.165) is 4.50 Å². The van der Waals surface area contributed by atoms with Gasteiger partial charge in [-0.15, -0.1) is 0 Å². The maximum absolute atomic E-state index is 3.24. The number of nitrogens with one attached hydrogen (secondary N) is 1. The van der Waals surface area contributed by atoms with E-state index in [-0.39, 0.29) is 5.54 Å². The Morgan fingerprint density at radius 3 is 1.75 bits per heavy atom. The summed E-state index contributed by atoms with van der Waals surface area (Å²) in [4.78, 5) is 0. The third-order valence-electron chi connectivity index (χ3n) is 0.551. The first-order valence-electron chi connectivity index (χ1n) is 2.70. The molecule has 0 fully saturated rings. The van der Waals surface area contributed by atoms with Crippen LogP contribution in [0.15, 0.2) is 0 Å². The molecule has 0 rings (SSSR count). The summed E-state index contributed by atoms with van der Waals surface area (Å²) in [6.45, 7) is 8.42. The molecule has 1 N–H and O–H groups in total. The first kappa shape index (κ1) is 8.36. The van der Waals surface area contributed by atoms with Crippen LogP contribution in [-0.2, 0) is 15.9 Å². The van der Waals surface area contributed by atoms with Crippen LogP contribution in [0, 0.1) is 0 Å². The SMILES string of the molecule is C[C](=[Cr])NC(C)(C)C. The summed E-state index contributed by atoms with van der Waals surface area (Å²) in [6, 6.07) is 0. The Labute approximate surface area is 59.4 Å². The van der Waals surface area contributed by atoms with Crippen molar-refractivity contribution in [3.05, 3.63) is 0 Å². The molecule has 0 aliphatic carbocycles. The Morgan fingerprint density at radius 1 is 1.38 bits per heavy atom. The van der Waals surface area contributed by atoms with E-state index in [0.29, 0.717) is 0 Å². The predicted molar refractivity (Wildman–Crippen MR) is 33.6 cm³/mol. The number of hydrogen-bond donors (Lipinski definition) is 1. The molecule has 0 aliphatic heterocycles. The van der Waals surface area contributed by atoms with Crippen LogP contribution in [0.25, 0.3) is 0 Å². The molecular formula is C6H13CrN. The molecule has 0 aromatic carbocycles. The molecule has 0 spiro atoms. The molecule has 0 aliphatic rings. The van der Waals surface area contributed by atoms with E-state index in [9.17, 15) is 0 Å². The van der Waals surface area contributed by atoms with Crippen molar-refractivity contribution >= 4 is 4.50 Å². The van der Waals surface area contributed by atoms with E-state index in [1.807, 2.05) is 6.92 Å². The second-order valence-corrected chi connectivity index (χ2v) is 3.89. The first-order chi connectivity index (χ1) is 3.42. The summed E-state index contributed by atoms with van der Waals surface area (Å²) in [7, 11) is 0. The summed E-state index contributed by atoms with van der Waals surface area (Å²) in [5.74, 6) is 0. The van der Waals surface area contributed by atoms with Gasteiger partial charge in [-0.1, -0.05) is 0 Å². The Bertz CT molecular complexity index is 91.2. The van der Waals surface area contributed by atoms with E-state index in [4.69, 9.17) is 0 Å². The normalized spacial score (nSPS) is 11.5. The minimum atomic E-state index is 0.204. The summed E-state index contributed by atoms with van der Waals surface area (Å²) in [5, 5.41) is 3.24. The molecule has 0 bridgehead atoms. The molecule has 48 valence electrons. The summed E-state index contributed by atoms with van der Waals surface area (Å²) in [6.07, 6.45) is 0. The van der Waals surface area contributed by atoms with Crippen molar-refractivity contribution in [1.82, 2.24) is 5.32 Å². The van der Waals surface area contributed by atoms with Crippen molar-refractivity contribution in [2.24, 2.45) is 0 Å². The minimum absolute atomic E-state index is 0.204. The maximum atomic E-state index is 3.24. The van der Waals surface area contributed by atoms with Gasteiger partial charge in [-0.05, 0) is 0 Å². The van der Waals surface area contributed by atoms with Gasteiger partial charge in [0, 0.05) is 0 Å². The Morgan fingerprint density at radius 2 is 1.75 bits per heavy atom. The average molecular weight is 151 g/mol. The Hall–Kier alpha value is 0.362. The van der Waals surface area contributed by atoms with E-state index < -0.39 is 0 Å². The quantitative estimate of drug-likeness (QED) is 0.591. The summed E-state index contributed by atoms with van der Waals surface area (Å²) in [5.41, 5.74) is 0.204. The molecule has 0 unspecified atom stereocenters. The summed E-state index contributed by atoms with van der Waals surface area (Å²) < 4.78 is 1.15. The van der Waals surface area contributed by atoms with Gasteiger partial charge in [0.05, 0.1) is 0 Å². The summed E-state index contributed by atoms with van der Waals surface area (Å²) >= 11 is 2.90. The van der Waals surface area contributed by atoms with Crippen molar-refractivity contribution in [3.63, 3.8) is 0 Å². The molecule has 0 atom stereocenters. The average Bonchev–Trinajstić information content (AvgIpc) is 1.21. The number of hydrogen-bond acceptors (Lipinski definition) is 1. The van der Waals surface area contributed by atoms with Gasteiger partial charge < -0.3 is 0 Å². The molecule has 0 aromatic heterocycles. The molecule has 0 amide bonds. The van der Waals surface area contributed by atoms with Gasteiger partial charge in [0.25, 0.3) is 0 Å². The van der Waals surface area contributed by atoms with Crippen LogP contribution < -0.4 is 5.32 Å². The second kappa shape index (κ2) is 2.78. The van der Waals surface area contributed by atoms with E-state index in [2.05, 4.69) is 41.9 Å². The van der Waals surface area contributed by atoms with E-state index >= 15 is 0 Å². The van der Waals surface area contributed by atoms with Crippen molar-refractivity contribution in [1.29, 1.82) is 0 Å². The zero-order valence-corrected chi connectivity index (χ0v) is 7.18. The van der Waals surface area contributed by atoms with Gasteiger partial charge in [-0.2, -0.15) is 0 Å². The van der Waals surface area contributed by atoms with Crippen LogP contribution in [0.1, 0.15) is 27.7 Å². The molecule has 0 saturated carbocycles. The van der Waals surface area contributed by atoms with Crippen LogP contribution in [0.4, 0.5) is 0 Å². The Balaban J connectivity index is 3.55. The van der Waals surface area contributed by atoms with Crippen molar-refractivity contribution in [3.8, 4) is 0 Å². The molecule has 0 aromatic rings. The van der Waals surface area contributed by atoms with Crippen LogP contribution in [0.5, 0.6) is 0 Å². The van der Waals surface area contributed by atoms with Crippen LogP contribution in [-0.4, -0.2) is 10.0 Å². The van der Waals surface area contributed by atoms with Gasteiger partial charge in [0.15, 0.2) is 0 Å². The Kier molecular flexibility index (Phi) is 2.90. The number of rotatable bonds is 1. The molecule has 0 saturated heterocycles. The van der Waals surface area contributed by atoms with Gasteiger partial charge >= 0.3 is 58.9 Å². The topological polar surface area (TPSA) is 12.0 Å². The van der Waals surface area contributed by atoms with Gasteiger partial charge in [0.2, 0.25) is 0 Å². The van der Waals surface area contributed by atoms with Crippen molar-refractivity contribution in [2.75, 3.05) is 0 Å². The second-order valence-electron chi connectivity index (χ2n) is 2.93. The fraction of sp³-hybridized carbons (Fsp3) is 0.833. The third-order valence-corrected chi connectivity index (χ3v) is 0.710. The third kappa shape index (κ3) is 6.36. The van der Waals surface area contributed by atoms with Crippen LogP contribution in [0.2, 0.25) is 0 Å².